The monoisotopic (exact) mass is 273 g/mol. The minimum atomic E-state index is -0.254. The highest BCUT2D eigenvalue weighted by atomic mass is 35.5. The number of nitro groups is 1. The van der Waals surface area contributed by atoms with Crippen LogP contribution in [-0.4, -0.2) is 39.0 Å². The van der Waals surface area contributed by atoms with Crippen molar-refractivity contribution >= 4 is 23.4 Å². The molecule has 0 N–H and O–H groups in total. The Balaban J connectivity index is 1.97. The summed E-state index contributed by atoms with van der Waals surface area (Å²) in [6, 6.07) is 3.64. The fourth-order valence-electron chi connectivity index (χ4n) is 1.77. The molecule has 1 aromatic heterocycles. The normalized spacial score (nSPS) is 20.6. The van der Waals surface area contributed by atoms with Crippen LogP contribution in [0.3, 0.4) is 0 Å². The van der Waals surface area contributed by atoms with Crippen LogP contribution < -0.4 is 0 Å². The maximum atomic E-state index is 10.5. The van der Waals surface area contributed by atoms with Gasteiger partial charge in [-0.05, 0) is 11.6 Å². The SMILES string of the molecule is O=[N+]([O-])CC1SCCN1Cc1ccc(Cl)nc1. The van der Waals surface area contributed by atoms with Gasteiger partial charge in [0.15, 0.2) is 0 Å². The first kappa shape index (κ1) is 12.6. The molecule has 0 saturated carbocycles. The maximum absolute atomic E-state index is 10.5. The predicted molar refractivity (Wildman–Crippen MR) is 67.8 cm³/mol. The van der Waals surface area contributed by atoms with Crippen LogP contribution in [0.25, 0.3) is 0 Å². The third kappa shape index (κ3) is 3.55. The van der Waals surface area contributed by atoms with E-state index in [2.05, 4.69) is 9.88 Å². The Bertz CT molecular complexity index is 401. The lowest BCUT2D eigenvalue weighted by Crippen LogP contribution is -2.33. The summed E-state index contributed by atoms with van der Waals surface area (Å²) in [5, 5.41) is 11.0. The minimum Gasteiger partial charge on any atom is -0.281 e. The number of thioether (sulfide) groups is 1. The van der Waals surface area contributed by atoms with Crippen molar-refractivity contribution in [3.8, 4) is 0 Å². The quantitative estimate of drug-likeness (QED) is 0.476. The van der Waals surface area contributed by atoms with Crippen LogP contribution in [0, 0.1) is 10.1 Å². The van der Waals surface area contributed by atoms with Crippen molar-refractivity contribution in [3.63, 3.8) is 0 Å². The van der Waals surface area contributed by atoms with Gasteiger partial charge in [0, 0.05) is 30.0 Å². The summed E-state index contributed by atoms with van der Waals surface area (Å²) < 4.78 is 0. The van der Waals surface area contributed by atoms with Crippen LogP contribution in [0.5, 0.6) is 0 Å². The van der Waals surface area contributed by atoms with E-state index in [1.54, 1.807) is 24.0 Å². The first-order chi connectivity index (χ1) is 8.15. The summed E-state index contributed by atoms with van der Waals surface area (Å²) in [7, 11) is 0. The van der Waals surface area contributed by atoms with Gasteiger partial charge in [0.25, 0.3) is 0 Å². The molecular weight excluding hydrogens is 262 g/mol. The van der Waals surface area contributed by atoms with Gasteiger partial charge < -0.3 is 0 Å². The molecule has 7 heteroatoms. The molecule has 1 fully saturated rings. The molecule has 0 radical (unpaired) electrons. The molecule has 1 saturated heterocycles. The predicted octanol–water partition coefficient (Wildman–Crippen LogP) is 1.89. The molecule has 1 atom stereocenters. The van der Waals surface area contributed by atoms with Gasteiger partial charge in [-0.25, -0.2) is 4.98 Å². The van der Waals surface area contributed by atoms with Crippen molar-refractivity contribution in [2.45, 2.75) is 11.9 Å². The molecule has 0 aromatic carbocycles. The van der Waals surface area contributed by atoms with E-state index in [9.17, 15) is 10.1 Å². The summed E-state index contributed by atoms with van der Waals surface area (Å²) in [4.78, 5) is 16.4. The Morgan fingerprint density at radius 1 is 1.65 bits per heavy atom. The molecule has 1 aromatic rings. The molecule has 1 unspecified atom stereocenters. The molecule has 0 aliphatic carbocycles. The van der Waals surface area contributed by atoms with Crippen molar-refractivity contribution in [3.05, 3.63) is 39.2 Å². The third-order valence-electron chi connectivity index (χ3n) is 2.58. The standard InChI is InChI=1S/C10H12ClN3O2S/c11-9-2-1-8(5-12-9)6-13-3-4-17-10(13)7-14(15)16/h1-2,5,10H,3-4,6-7H2. The van der Waals surface area contributed by atoms with Crippen molar-refractivity contribution in [1.29, 1.82) is 0 Å². The average molecular weight is 274 g/mol. The topological polar surface area (TPSA) is 59.3 Å². The van der Waals surface area contributed by atoms with Crippen molar-refractivity contribution in [1.82, 2.24) is 9.88 Å². The highest BCUT2D eigenvalue weighted by Gasteiger charge is 2.29. The fraction of sp³-hybridized carbons (Fsp3) is 0.500. The first-order valence-corrected chi connectivity index (χ1v) is 6.66. The van der Waals surface area contributed by atoms with Crippen LogP contribution in [0.4, 0.5) is 0 Å². The van der Waals surface area contributed by atoms with E-state index in [-0.39, 0.29) is 16.8 Å². The Kier molecular flexibility index (Phi) is 4.20. The molecule has 2 rings (SSSR count). The Morgan fingerprint density at radius 3 is 3.12 bits per heavy atom. The fourth-order valence-corrected chi connectivity index (χ4v) is 3.11. The summed E-state index contributed by atoms with van der Waals surface area (Å²) in [5.74, 6) is 0.944. The largest absolute Gasteiger partial charge is 0.281 e. The molecular formula is C10H12ClN3O2S. The summed E-state index contributed by atoms with van der Waals surface area (Å²) >= 11 is 7.35. The molecule has 0 spiro atoms. The second kappa shape index (κ2) is 5.66. The molecule has 92 valence electrons. The number of halogens is 1. The highest BCUT2D eigenvalue weighted by molar-refractivity contribution is 8.00. The zero-order valence-electron chi connectivity index (χ0n) is 9.08. The molecule has 1 aliphatic heterocycles. The van der Waals surface area contributed by atoms with Crippen LogP contribution in [-0.2, 0) is 6.54 Å². The lowest BCUT2D eigenvalue weighted by molar-refractivity contribution is -0.482. The summed E-state index contributed by atoms with van der Waals surface area (Å²) in [6.07, 6.45) is 1.72. The van der Waals surface area contributed by atoms with E-state index in [4.69, 9.17) is 11.6 Å². The van der Waals surface area contributed by atoms with Crippen LogP contribution >= 0.6 is 23.4 Å². The van der Waals surface area contributed by atoms with Gasteiger partial charge >= 0.3 is 0 Å². The second-order valence-corrected chi connectivity index (χ2v) is 5.47. The minimum absolute atomic E-state index is 0.00825. The van der Waals surface area contributed by atoms with Gasteiger partial charge in [0.1, 0.15) is 10.5 Å². The highest BCUT2D eigenvalue weighted by Crippen LogP contribution is 2.25. The zero-order valence-corrected chi connectivity index (χ0v) is 10.7. The van der Waals surface area contributed by atoms with Gasteiger partial charge in [-0.2, -0.15) is 0 Å². The van der Waals surface area contributed by atoms with E-state index >= 15 is 0 Å². The molecule has 17 heavy (non-hydrogen) atoms. The maximum Gasteiger partial charge on any atom is 0.228 e. The van der Waals surface area contributed by atoms with E-state index in [1.807, 2.05) is 6.07 Å². The third-order valence-corrected chi connectivity index (χ3v) is 4.05. The van der Waals surface area contributed by atoms with Gasteiger partial charge in [-0.15, -0.1) is 11.8 Å². The van der Waals surface area contributed by atoms with Crippen molar-refractivity contribution in [2.24, 2.45) is 0 Å². The first-order valence-electron chi connectivity index (χ1n) is 5.23. The molecule has 5 nitrogen and oxygen atoms in total. The smallest absolute Gasteiger partial charge is 0.228 e. The van der Waals surface area contributed by atoms with E-state index in [1.165, 1.54) is 0 Å². The van der Waals surface area contributed by atoms with Crippen molar-refractivity contribution < 1.29 is 4.92 Å². The Morgan fingerprint density at radius 2 is 2.47 bits per heavy atom. The number of rotatable bonds is 4. The van der Waals surface area contributed by atoms with Crippen LogP contribution in [0.15, 0.2) is 18.3 Å². The number of hydrogen-bond donors (Lipinski definition) is 0. The summed E-state index contributed by atoms with van der Waals surface area (Å²) in [6.45, 7) is 1.56. The molecule has 1 aliphatic rings. The van der Waals surface area contributed by atoms with Crippen LogP contribution in [0.1, 0.15) is 5.56 Å². The van der Waals surface area contributed by atoms with E-state index < -0.39 is 0 Å². The lowest BCUT2D eigenvalue weighted by Gasteiger charge is -2.20. The van der Waals surface area contributed by atoms with Crippen LogP contribution in [0.2, 0.25) is 5.15 Å². The van der Waals surface area contributed by atoms with Gasteiger partial charge in [-0.3, -0.25) is 15.0 Å². The number of nitrogens with zero attached hydrogens (tertiary/aromatic N) is 3. The lowest BCUT2D eigenvalue weighted by atomic mass is 10.2. The van der Waals surface area contributed by atoms with Gasteiger partial charge in [0.05, 0.1) is 0 Å². The molecule has 2 heterocycles. The molecule has 0 amide bonds. The van der Waals surface area contributed by atoms with Gasteiger partial charge in [0.2, 0.25) is 6.54 Å². The zero-order chi connectivity index (χ0) is 12.3. The summed E-state index contributed by atoms with van der Waals surface area (Å²) in [5.41, 5.74) is 1.03. The van der Waals surface area contributed by atoms with E-state index in [0.29, 0.717) is 11.7 Å². The van der Waals surface area contributed by atoms with E-state index in [0.717, 1.165) is 17.9 Å². The Hall–Kier alpha value is -0.850. The number of aromatic nitrogens is 1. The second-order valence-electron chi connectivity index (χ2n) is 3.80. The average Bonchev–Trinajstić information content (AvgIpc) is 2.68. The van der Waals surface area contributed by atoms with Gasteiger partial charge in [-0.1, -0.05) is 17.7 Å². The Labute approximate surface area is 108 Å². The number of hydrogen-bond acceptors (Lipinski definition) is 5. The number of pyridine rings is 1. The van der Waals surface area contributed by atoms with Crippen molar-refractivity contribution in [2.75, 3.05) is 18.8 Å². The molecule has 0 bridgehead atoms.